The van der Waals surface area contributed by atoms with Crippen LogP contribution in [0, 0.1) is 11.3 Å². The zero-order chi connectivity index (χ0) is 14.6. The van der Waals surface area contributed by atoms with Crippen molar-refractivity contribution < 1.29 is 8.42 Å². The molecule has 1 fully saturated rings. The minimum Gasteiger partial charge on any atom is -0.315 e. The van der Waals surface area contributed by atoms with Crippen LogP contribution >= 0.6 is 0 Å². The lowest BCUT2D eigenvalue weighted by Gasteiger charge is -2.27. The van der Waals surface area contributed by atoms with Crippen molar-refractivity contribution in [2.45, 2.75) is 30.7 Å². The summed E-state index contributed by atoms with van der Waals surface area (Å²) in [6.07, 6.45) is 1.57. The molecule has 0 aliphatic carbocycles. The van der Waals surface area contributed by atoms with Crippen molar-refractivity contribution in [1.29, 1.82) is 5.26 Å². The molecule has 20 heavy (non-hydrogen) atoms. The predicted molar refractivity (Wildman–Crippen MR) is 76.6 cm³/mol. The van der Waals surface area contributed by atoms with Crippen LogP contribution in [-0.4, -0.2) is 38.4 Å². The number of sulfonamides is 1. The lowest BCUT2D eigenvalue weighted by Crippen LogP contribution is -2.42. The standard InChI is InChI=1S/C14H19N3O2S/c1-2-9-17(13-7-8-16-11-13)20(18,19)14-6-4-3-5-12(14)10-15/h3-6,13,16H,2,7-9,11H2,1H3. The first-order chi connectivity index (χ1) is 9.61. The summed E-state index contributed by atoms with van der Waals surface area (Å²) in [4.78, 5) is 0.114. The molecule has 1 heterocycles. The number of benzene rings is 1. The van der Waals surface area contributed by atoms with Gasteiger partial charge in [0.15, 0.2) is 0 Å². The minimum absolute atomic E-state index is 0.0216. The number of rotatable bonds is 5. The molecule has 0 aromatic heterocycles. The third kappa shape index (κ3) is 2.85. The van der Waals surface area contributed by atoms with Gasteiger partial charge in [-0.25, -0.2) is 8.42 Å². The molecular formula is C14H19N3O2S. The van der Waals surface area contributed by atoms with E-state index in [4.69, 9.17) is 5.26 Å². The van der Waals surface area contributed by atoms with Crippen LogP contribution < -0.4 is 5.32 Å². The molecule has 1 N–H and O–H groups in total. The highest BCUT2D eigenvalue weighted by molar-refractivity contribution is 7.89. The van der Waals surface area contributed by atoms with Gasteiger partial charge in [-0.05, 0) is 31.5 Å². The van der Waals surface area contributed by atoms with E-state index in [1.165, 1.54) is 6.07 Å². The highest BCUT2D eigenvalue weighted by Crippen LogP contribution is 2.24. The van der Waals surface area contributed by atoms with E-state index in [1.54, 1.807) is 22.5 Å². The van der Waals surface area contributed by atoms with Crippen LogP contribution in [0.3, 0.4) is 0 Å². The Morgan fingerprint density at radius 3 is 2.80 bits per heavy atom. The van der Waals surface area contributed by atoms with Gasteiger partial charge < -0.3 is 5.32 Å². The van der Waals surface area contributed by atoms with Crippen LogP contribution in [0.4, 0.5) is 0 Å². The van der Waals surface area contributed by atoms with Gasteiger partial charge in [-0.1, -0.05) is 19.1 Å². The normalized spacial score (nSPS) is 19.1. The Morgan fingerprint density at radius 2 is 2.20 bits per heavy atom. The molecule has 0 amide bonds. The van der Waals surface area contributed by atoms with Gasteiger partial charge in [0.25, 0.3) is 0 Å². The van der Waals surface area contributed by atoms with Crippen molar-refractivity contribution in [3.05, 3.63) is 29.8 Å². The van der Waals surface area contributed by atoms with Gasteiger partial charge in [0, 0.05) is 19.1 Å². The molecule has 108 valence electrons. The molecule has 0 bridgehead atoms. The van der Waals surface area contributed by atoms with E-state index in [0.717, 1.165) is 19.4 Å². The molecular weight excluding hydrogens is 274 g/mol. The summed E-state index contributed by atoms with van der Waals surface area (Å²) in [7, 11) is -3.62. The smallest absolute Gasteiger partial charge is 0.244 e. The van der Waals surface area contributed by atoms with E-state index in [9.17, 15) is 8.42 Å². The molecule has 1 aliphatic heterocycles. The van der Waals surface area contributed by atoms with E-state index in [2.05, 4.69) is 5.32 Å². The Bertz CT molecular complexity index is 601. The first-order valence-corrected chi connectivity index (χ1v) is 8.27. The maximum Gasteiger partial charge on any atom is 0.244 e. The average Bonchev–Trinajstić information content (AvgIpc) is 2.98. The van der Waals surface area contributed by atoms with Gasteiger partial charge in [-0.2, -0.15) is 9.57 Å². The SMILES string of the molecule is CCCN(C1CCNC1)S(=O)(=O)c1ccccc1C#N. The van der Waals surface area contributed by atoms with Crippen LogP contribution in [0.15, 0.2) is 29.2 Å². The Kier molecular flexibility index (Phi) is 4.76. The van der Waals surface area contributed by atoms with Crippen molar-refractivity contribution in [3.8, 4) is 6.07 Å². The Balaban J connectivity index is 2.42. The molecule has 1 aromatic rings. The fraction of sp³-hybridized carbons (Fsp3) is 0.500. The first-order valence-electron chi connectivity index (χ1n) is 6.83. The van der Waals surface area contributed by atoms with Crippen molar-refractivity contribution in [1.82, 2.24) is 9.62 Å². The van der Waals surface area contributed by atoms with Gasteiger partial charge in [0.05, 0.1) is 10.5 Å². The third-order valence-corrected chi connectivity index (χ3v) is 5.49. The van der Waals surface area contributed by atoms with Gasteiger partial charge >= 0.3 is 0 Å². The van der Waals surface area contributed by atoms with Crippen molar-refractivity contribution in [3.63, 3.8) is 0 Å². The number of hydrogen-bond acceptors (Lipinski definition) is 4. The fourth-order valence-electron chi connectivity index (χ4n) is 2.51. The lowest BCUT2D eigenvalue weighted by molar-refractivity contribution is 0.335. The Hall–Kier alpha value is -1.42. The van der Waals surface area contributed by atoms with Crippen LogP contribution in [0.25, 0.3) is 0 Å². The van der Waals surface area contributed by atoms with Gasteiger partial charge in [-0.15, -0.1) is 0 Å². The Labute approximate surface area is 120 Å². The van der Waals surface area contributed by atoms with Crippen LogP contribution in [0.2, 0.25) is 0 Å². The molecule has 0 radical (unpaired) electrons. The first kappa shape index (κ1) is 15.0. The second-order valence-electron chi connectivity index (χ2n) is 4.87. The molecule has 5 nitrogen and oxygen atoms in total. The fourth-order valence-corrected chi connectivity index (χ4v) is 4.41. The largest absolute Gasteiger partial charge is 0.315 e. The van der Waals surface area contributed by atoms with Crippen molar-refractivity contribution >= 4 is 10.0 Å². The predicted octanol–water partition coefficient (Wildman–Crippen LogP) is 1.32. The number of hydrogen-bond donors (Lipinski definition) is 1. The number of nitrogens with zero attached hydrogens (tertiary/aromatic N) is 2. The summed E-state index contributed by atoms with van der Waals surface area (Å²) in [6.45, 7) is 3.95. The highest BCUT2D eigenvalue weighted by atomic mass is 32.2. The Morgan fingerprint density at radius 1 is 1.45 bits per heavy atom. The summed E-state index contributed by atoms with van der Waals surface area (Å²) in [6, 6.07) is 8.34. The maximum absolute atomic E-state index is 12.8. The summed E-state index contributed by atoms with van der Waals surface area (Å²) < 4.78 is 27.2. The molecule has 0 saturated carbocycles. The quantitative estimate of drug-likeness (QED) is 0.888. The van der Waals surface area contributed by atoms with E-state index >= 15 is 0 Å². The molecule has 2 rings (SSSR count). The number of nitrogens with one attached hydrogen (secondary N) is 1. The maximum atomic E-state index is 12.8. The van der Waals surface area contributed by atoms with Gasteiger partial charge in [0.2, 0.25) is 10.0 Å². The van der Waals surface area contributed by atoms with E-state index in [1.807, 2.05) is 13.0 Å². The van der Waals surface area contributed by atoms with Crippen molar-refractivity contribution in [2.75, 3.05) is 19.6 Å². The average molecular weight is 293 g/mol. The highest BCUT2D eigenvalue weighted by Gasteiger charge is 2.33. The molecule has 1 atom stereocenters. The summed E-state index contributed by atoms with van der Waals surface area (Å²) in [5, 5.41) is 12.3. The zero-order valence-electron chi connectivity index (χ0n) is 11.5. The van der Waals surface area contributed by atoms with Gasteiger partial charge in [0.1, 0.15) is 6.07 Å². The molecule has 1 saturated heterocycles. The zero-order valence-corrected chi connectivity index (χ0v) is 12.4. The third-order valence-electron chi connectivity index (χ3n) is 3.48. The molecule has 1 unspecified atom stereocenters. The van der Waals surface area contributed by atoms with Crippen LogP contribution in [-0.2, 0) is 10.0 Å². The minimum atomic E-state index is -3.62. The lowest BCUT2D eigenvalue weighted by atomic mass is 10.2. The van der Waals surface area contributed by atoms with Gasteiger partial charge in [-0.3, -0.25) is 0 Å². The van der Waals surface area contributed by atoms with E-state index < -0.39 is 10.0 Å². The molecule has 6 heteroatoms. The van der Waals surface area contributed by atoms with Crippen LogP contribution in [0.1, 0.15) is 25.3 Å². The van der Waals surface area contributed by atoms with E-state index in [0.29, 0.717) is 13.1 Å². The number of nitriles is 1. The monoisotopic (exact) mass is 293 g/mol. The topological polar surface area (TPSA) is 73.2 Å². The summed E-state index contributed by atoms with van der Waals surface area (Å²) in [5.74, 6) is 0. The summed E-state index contributed by atoms with van der Waals surface area (Å²) >= 11 is 0. The van der Waals surface area contributed by atoms with Crippen molar-refractivity contribution in [2.24, 2.45) is 0 Å². The molecule has 0 spiro atoms. The second kappa shape index (κ2) is 6.35. The van der Waals surface area contributed by atoms with Crippen LogP contribution in [0.5, 0.6) is 0 Å². The molecule has 1 aliphatic rings. The molecule has 1 aromatic carbocycles. The summed E-state index contributed by atoms with van der Waals surface area (Å²) in [5.41, 5.74) is 0.208. The second-order valence-corrected chi connectivity index (χ2v) is 6.73. The van der Waals surface area contributed by atoms with E-state index in [-0.39, 0.29) is 16.5 Å².